The van der Waals surface area contributed by atoms with E-state index >= 15 is 0 Å². The molecule has 2 aromatic carbocycles. The quantitative estimate of drug-likeness (QED) is 0.743. The van der Waals surface area contributed by atoms with Gasteiger partial charge in [0.25, 0.3) is 0 Å². The first-order valence-electron chi connectivity index (χ1n) is 9.38. The molecule has 0 aromatic heterocycles. The molecular formula is C20H23F2N3O3S. The molecular weight excluding hydrogens is 400 g/mol. The summed E-state index contributed by atoms with van der Waals surface area (Å²) in [5.41, 5.74) is 1.68. The zero-order chi connectivity index (χ0) is 21.2. The number of halogens is 2. The van der Waals surface area contributed by atoms with E-state index in [-0.39, 0.29) is 17.1 Å². The maximum absolute atomic E-state index is 13.3. The van der Waals surface area contributed by atoms with Crippen molar-refractivity contribution >= 4 is 27.3 Å². The highest BCUT2D eigenvalue weighted by Gasteiger charge is 2.26. The van der Waals surface area contributed by atoms with Crippen LogP contribution in [0.2, 0.25) is 0 Å². The SMILES string of the molecule is CCN(CC)S(=O)(=O)c1ccc2c(c1)CCN2CC(=O)Nc1cc(F)cc(F)c1. The summed E-state index contributed by atoms with van der Waals surface area (Å²) >= 11 is 0. The second-order valence-electron chi connectivity index (χ2n) is 6.76. The summed E-state index contributed by atoms with van der Waals surface area (Å²) in [5, 5.41) is 2.48. The number of hydrogen-bond donors (Lipinski definition) is 1. The molecule has 29 heavy (non-hydrogen) atoms. The van der Waals surface area contributed by atoms with Crippen LogP contribution in [-0.2, 0) is 21.2 Å². The Labute approximate surface area is 169 Å². The lowest BCUT2D eigenvalue weighted by Crippen LogP contribution is -2.32. The molecule has 6 nitrogen and oxygen atoms in total. The predicted molar refractivity (Wildman–Crippen MR) is 107 cm³/mol. The standard InChI is InChI=1S/C20H23F2N3O3S/c1-3-25(4-2)29(27,28)18-5-6-19-14(9-18)7-8-24(19)13-20(26)23-17-11-15(21)10-16(22)12-17/h5-6,9-12H,3-4,7-8,13H2,1-2H3,(H,23,26). The Hall–Kier alpha value is -2.52. The largest absolute Gasteiger partial charge is 0.362 e. The van der Waals surface area contributed by atoms with Crippen molar-refractivity contribution in [3.05, 3.63) is 53.6 Å². The summed E-state index contributed by atoms with van der Waals surface area (Å²) in [4.78, 5) is 14.3. The summed E-state index contributed by atoms with van der Waals surface area (Å²) in [6, 6.07) is 7.73. The molecule has 0 aliphatic carbocycles. The molecule has 156 valence electrons. The molecule has 0 radical (unpaired) electrons. The van der Waals surface area contributed by atoms with E-state index in [0.29, 0.717) is 26.1 Å². The molecule has 0 spiro atoms. The van der Waals surface area contributed by atoms with E-state index in [1.165, 1.54) is 4.31 Å². The number of benzene rings is 2. The van der Waals surface area contributed by atoms with Gasteiger partial charge in [-0.25, -0.2) is 17.2 Å². The smallest absolute Gasteiger partial charge is 0.243 e. The molecule has 0 saturated heterocycles. The van der Waals surface area contributed by atoms with Crippen LogP contribution in [0.4, 0.5) is 20.2 Å². The third kappa shape index (κ3) is 4.56. The number of sulfonamides is 1. The van der Waals surface area contributed by atoms with Crippen LogP contribution in [0, 0.1) is 11.6 Å². The summed E-state index contributed by atoms with van der Waals surface area (Å²) in [5.74, 6) is -1.95. The highest BCUT2D eigenvalue weighted by atomic mass is 32.2. The van der Waals surface area contributed by atoms with E-state index in [0.717, 1.165) is 29.4 Å². The van der Waals surface area contributed by atoms with Gasteiger partial charge in [0.1, 0.15) is 11.6 Å². The number of carbonyl (C=O) groups is 1. The van der Waals surface area contributed by atoms with E-state index in [1.807, 2.05) is 4.90 Å². The van der Waals surface area contributed by atoms with Gasteiger partial charge < -0.3 is 10.2 Å². The number of rotatable bonds is 7. The molecule has 0 atom stereocenters. The zero-order valence-electron chi connectivity index (χ0n) is 16.3. The van der Waals surface area contributed by atoms with Crippen molar-refractivity contribution in [3.8, 4) is 0 Å². The molecule has 1 aliphatic rings. The van der Waals surface area contributed by atoms with E-state index in [2.05, 4.69) is 5.32 Å². The molecule has 3 rings (SSSR count). The Morgan fingerprint density at radius 3 is 2.38 bits per heavy atom. The lowest BCUT2D eigenvalue weighted by atomic mass is 10.2. The number of hydrogen-bond acceptors (Lipinski definition) is 4. The lowest BCUT2D eigenvalue weighted by molar-refractivity contribution is -0.115. The van der Waals surface area contributed by atoms with Crippen LogP contribution >= 0.6 is 0 Å². The van der Waals surface area contributed by atoms with Crippen molar-refractivity contribution < 1.29 is 22.0 Å². The number of nitrogens with zero attached hydrogens (tertiary/aromatic N) is 2. The molecule has 2 aromatic rings. The first-order chi connectivity index (χ1) is 13.7. The van der Waals surface area contributed by atoms with Crippen LogP contribution in [0.25, 0.3) is 0 Å². The van der Waals surface area contributed by atoms with Crippen molar-refractivity contribution in [2.75, 3.05) is 36.4 Å². The van der Waals surface area contributed by atoms with Gasteiger partial charge in [-0.1, -0.05) is 13.8 Å². The van der Waals surface area contributed by atoms with Crippen LogP contribution in [0.15, 0.2) is 41.3 Å². The van der Waals surface area contributed by atoms with Crippen LogP contribution in [0.3, 0.4) is 0 Å². The zero-order valence-corrected chi connectivity index (χ0v) is 17.1. The monoisotopic (exact) mass is 423 g/mol. The third-order valence-corrected chi connectivity index (χ3v) is 6.91. The lowest BCUT2D eigenvalue weighted by Gasteiger charge is -2.21. The van der Waals surface area contributed by atoms with Crippen LogP contribution in [-0.4, -0.2) is 44.8 Å². The molecule has 9 heteroatoms. The number of nitrogens with one attached hydrogen (secondary N) is 1. The molecule has 0 fully saturated rings. The molecule has 0 bridgehead atoms. The van der Waals surface area contributed by atoms with Gasteiger partial charge in [0.15, 0.2) is 0 Å². The van der Waals surface area contributed by atoms with Crippen molar-refractivity contribution in [3.63, 3.8) is 0 Å². The maximum Gasteiger partial charge on any atom is 0.243 e. The van der Waals surface area contributed by atoms with Gasteiger partial charge in [-0.2, -0.15) is 4.31 Å². The highest BCUT2D eigenvalue weighted by molar-refractivity contribution is 7.89. The fourth-order valence-corrected chi connectivity index (χ4v) is 4.99. The normalized spacial score (nSPS) is 13.6. The Bertz CT molecular complexity index is 1000. The van der Waals surface area contributed by atoms with Gasteiger partial charge in [-0.15, -0.1) is 0 Å². The van der Waals surface area contributed by atoms with E-state index < -0.39 is 27.6 Å². The highest BCUT2D eigenvalue weighted by Crippen LogP contribution is 2.31. The number of anilines is 2. The average Bonchev–Trinajstić information content (AvgIpc) is 3.03. The number of amides is 1. The van der Waals surface area contributed by atoms with Gasteiger partial charge in [-0.05, 0) is 42.3 Å². The van der Waals surface area contributed by atoms with E-state index in [4.69, 9.17) is 0 Å². The van der Waals surface area contributed by atoms with Crippen molar-refractivity contribution in [1.29, 1.82) is 0 Å². The number of carbonyl (C=O) groups excluding carboxylic acids is 1. The van der Waals surface area contributed by atoms with Crippen molar-refractivity contribution in [2.24, 2.45) is 0 Å². The van der Waals surface area contributed by atoms with E-state index in [9.17, 15) is 22.0 Å². The minimum Gasteiger partial charge on any atom is -0.362 e. The Balaban J connectivity index is 1.74. The first-order valence-corrected chi connectivity index (χ1v) is 10.8. The second-order valence-corrected chi connectivity index (χ2v) is 8.70. The fraction of sp³-hybridized carbons (Fsp3) is 0.350. The first kappa shape index (κ1) is 21.2. The van der Waals surface area contributed by atoms with Gasteiger partial charge in [0.05, 0.1) is 11.4 Å². The van der Waals surface area contributed by atoms with Crippen LogP contribution in [0.5, 0.6) is 0 Å². The third-order valence-electron chi connectivity index (χ3n) is 4.87. The molecule has 1 heterocycles. The predicted octanol–water partition coefficient (Wildman–Crippen LogP) is 3.00. The van der Waals surface area contributed by atoms with Gasteiger partial charge in [0.2, 0.25) is 15.9 Å². The Kier molecular flexibility index (Phi) is 6.18. The van der Waals surface area contributed by atoms with Crippen molar-refractivity contribution in [2.45, 2.75) is 25.2 Å². The van der Waals surface area contributed by atoms with Gasteiger partial charge in [0, 0.05) is 37.1 Å². The van der Waals surface area contributed by atoms with Crippen molar-refractivity contribution in [1.82, 2.24) is 4.31 Å². The van der Waals surface area contributed by atoms with Gasteiger partial charge >= 0.3 is 0 Å². The van der Waals surface area contributed by atoms with Crippen LogP contribution < -0.4 is 10.2 Å². The van der Waals surface area contributed by atoms with Gasteiger partial charge in [-0.3, -0.25) is 4.79 Å². The average molecular weight is 423 g/mol. The minimum atomic E-state index is -3.55. The summed E-state index contributed by atoms with van der Waals surface area (Å²) in [6.07, 6.45) is 0.610. The second kappa shape index (κ2) is 8.46. The molecule has 0 saturated carbocycles. The van der Waals surface area contributed by atoms with E-state index in [1.54, 1.807) is 32.0 Å². The topological polar surface area (TPSA) is 69.7 Å². The number of fused-ring (bicyclic) bond motifs is 1. The maximum atomic E-state index is 13.3. The summed E-state index contributed by atoms with van der Waals surface area (Å²) < 4.78 is 53.3. The molecule has 1 N–H and O–H groups in total. The van der Waals surface area contributed by atoms with Crippen LogP contribution in [0.1, 0.15) is 19.4 Å². The molecule has 1 amide bonds. The molecule has 1 aliphatic heterocycles. The Morgan fingerprint density at radius 1 is 1.10 bits per heavy atom. The molecule has 0 unspecified atom stereocenters. The summed E-state index contributed by atoms with van der Waals surface area (Å²) in [7, 11) is -3.55. The fourth-order valence-electron chi connectivity index (χ4n) is 3.48. The Morgan fingerprint density at radius 2 is 1.76 bits per heavy atom. The minimum absolute atomic E-state index is 0.00667. The summed E-state index contributed by atoms with van der Waals surface area (Å²) in [6.45, 7) is 4.91.